The van der Waals surface area contributed by atoms with Gasteiger partial charge in [0.15, 0.2) is 0 Å². The van der Waals surface area contributed by atoms with Gasteiger partial charge in [-0.25, -0.2) is 0 Å². The van der Waals surface area contributed by atoms with Crippen LogP contribution in [0.5, 0.6) is 0 Å². The van der Waals surface area contributed by atoms with Crippen molar-refractivity contribution in [2.75, 3.05) is 18.0 Å². The highest BCUT2D eigenvalue weighted by molar-refractivity contribution is 6.33. The lowest BCUT2D eigenvalue weighted by atomic mass is 9.92. The number of benzene rings is 1. The summed E-state index contributed by atoms with van der Waals surface area (Å²) >= 11 is 0. The van der Waals surface area contributed by atoms with Crippen LogP contribution in [-0.4, -0.2) is 36.0 Å². The van der Waals surface area contributed by atoms with E-state index in [1.165, 1.54) is 38.2 Å². The Labute approximate surface area is 149 Å². The fourth-order valence-corrected chi connectivity index (χ4v) is 4.79. The molecule has 1 amide bonds. The predicted molar refractivity (Wildman–Crippen MR) is 99.0 cm³/mol. The van der Waals surface area contributed by atoms with E-state index in [1.807, 2.05) is 35.2 Å². The van der Waals surface area contributed by atoms with Gasteiger partial charge in [0, 0.05) is 36.8 Å². The molecule has 2 aliphatic heterocycles. The summed E-state index contributed by atoms with van der Waals surface area (Å²) in [5.74, 6) is -0.00105. The zero-order chi connectivity index (χ0) is 17.2. The second kappa shape index (κ2) is 7.01. The molecular weight excluding hydrogens is 310 g/mol. The van der Waals surface area contributed by atoms with Crippen LogP contribution in [0, 0.1) is 11.3 Å². The van der Waals surface area contributed by atoms with Crippen molar-refractivity contribution in [3.63, 3.8) is 0 Å². The molecule has 2 fully saturated rings. The molecule has 130 valence electrons. The Kier molecular flexibility index (Phi) is 4.59. The first-order valence-electron chi connectivity index (χ1n) is 9.56. The number of hydrogen-bond donors (Lipinski definition) is 0. The number of nitrogens with zero attached hydrogens (tertiary/aromatic N) is 3. The van der Waals surface area contributed by atoms with Crippen molar-refractivity contribution in [2.24, 2.45) is 0 Å². The molecule has 1 aromatic rings. The summed E-state index contributed by atoms with van der Waals surface area (Å²) in [4.78, 5) is 17.5. The van der Waals surface area contributed by atoms with E-state index in [-0.39, 0.29) is 11.9 Å². The van der Waals surface area contributed by atoms with Crippen molar-refractivity contribution in [3.8, 4) is 6.07 Å². The van der Waals surface area contributed by atoms with Gasteiger partial charge in [-0.1, -0.05) is 37.5 Å². The van der Waals surface area contributed by atoms with Gasteiger partial charge in [0.2, 0.25) is 0 Å². The van der Waals surface area contributed by atoms with Gasteiger partial charge in [0.1, 0.15) is 0 Å². The largest absolute Gasteiger partial charge is 0.305 e. The number of fused-ring (bicyclic) bond motifs is 1. The van der Waals surface area contributed by atoms with Crippen LogP contribution >= 0.6 is 0 Å². The number of piperidine rings is 1. The number of likely N-dealkylation sites (tertiary alicyclic amines) is 1. The molecule has 2 heterocycles. The van der Waals surface area contributed by atoms with Crippen molar-refractivity contribution >= 4 is 17.2 Å². The fourth-order valence-electron chi connectivity index (χ4n) is 4.79. The van der Waals surface area contributed by atoms with E-state index < -0.39 is 0 Å². The summed E-state index contributed by atoms with van der Waals surface area (Å²) in [6.45, 7) is 2.16. The van der Waals surface area contributed by atoms with E-state index in [0.717, 1.165) is 43.2 Å². The van der Waals surface area contributed by atoms with Crippen molar-refractivity contribution in [2.45, 2.75) is 57.0 Å². The van der Waals surface area contributed by atoms with Gasteiger partial charge in [-0.15, -0.1) is 0 Å². The van der Waals surface area contributed by atoms with Gasteiger partial charge < -0.3 is 9.80 Å². The number of rotatable bonds is 2. The summed E-state index contributed by atoms with van der Waals surface area (Å²) in [5.41, 5.74) is 2.43. The van der Waals surface area contributed by atoms with E-state index in [4.69, 9.17) is 5.26 Å². The lowest BCUT2D eigenvalue weighted by Crippen LogP contribution is -2.49. The Hall–Kier alpha value is -2.12. The maximum Gasteiger partial charge on any atom is 0.259 e. The molecule has 4 heteroatoms. The van der Waals surface area contributed by atoms with Gasteiger partial charge in [-0.3, -0.25) is 4.79 Å². The number of allylic oxidation sites excluding steroid dienone is 1. The van der Waals surface area contributed by atoms with E-state index in [2.05, 4.69) is 4.90 Å². The maximum atomic E-state index is 12.9. The van der Waals surface area contributed by atoms with Crippen LogP contribution in [0.3, 0.4) is 0 Å². The number of amides is 1. The minimum atomic E-state index is -0.00105. The average Bonchev–Trinajstić information content (AvgIpc) is 2.95. The molecule has 25 heavy (non-hydrogen) atoms. The highest BCUT2D eigenvalue weighted by Gasteiger charge is 2.38. The Morgan fingerprint density at radius 3 is 2.44 bits per heavy atom. The molecule has 0 aromatic heterocycles. The quantitative estimate of drug-likeness (QED) is 0.611. The highest BCUT2D eigenvalue weighted by atomic mass is 16.2. The number of anilines is 1. The molecular formula is C21H25N3O. The third-order valence-corrected chi connectivity index (χ3v) is 6.07. The summed E-state index contributed by atoms with van der Waals surface area (Å²) in [6, 6.07) is 10.9. The monoisotopic (exact) mass is 335 g/mol. The fraction of sp³-hybridized carbons (Fsp3) is 0.524. The molecule has 4 nitrogen and oxygen atoms in total. The van der Waals surface area contributed by atoms with Gasteiger partial charge in [0.25, 0.3) is 5.91 Å². The van der Waals surface area contributed by atoms with Crippen molar-refractivity contribution in [1.29, 1.82) is 5.26 Å². The lowest BCUT2D eigenvalue weighted by Gasteiger charge is -2.41. The number of carbonyl (C=O) groups excluding carboxylic acids is 1. The van der Waals surface area contributed by atoms with Crippen LogP contribution in [0.15, 0.2) is 30.3 Å². The van der Waals surface area contributed by atoms with E-state index in [0.29, 0.717) is 5.57 Å². The lowest BCUT2D eigenvalue weighted by molar-refractivity contribution is -0.113. The molecule has 0 bridgehead atoms. The number of para-hydroxylation sites is 1. The molecule has 3 aliphatic rings. The van der Waals surface area contributed by atoms with Gasteiger partial charge in [-0.05, 0) is 31.7 Å². The second-order valence-electron chi connectivity index (χ2n) is 7.44. The van der Waals surface area contributed by atoms with Crippen LogP contribution in [-0.2, 0) is 4.79 Å². The van der Waals surface area contributed by atoms with Crippen LogP contribution in [0.4, 0.5) is 5.69 Å². The van der Waals surface area contributed by atoms with Crippen LogP contribution in [0.25, 0.3) is 5.57 Å². The number of nitriles is 1. The van der Waals surface area contributed by atoms with Gasteiger partial charge in [-0.2, -0.15) is 5.26 Å². The minimum Gasteiger partial charge on any atom is -0.305 e. The zero-order valence-corrected chi connectivity index (χ0v) is 14.7. The Bertz CT molecular complexity index is 719. The van der Waals surface area contributed by atoms with Crippen molar-refractivity contribution < 1.29 is 4.79 Å². The average molecular weight is 335 g/mol. The number of hydrogen-bond acceptors (Lipinski definition) is 3. The van der Waals surface area contributed by atoms with Gasteiger partial charge >= 0.3 is 0 Å². The number of carbonyl (C=O) groups is 1. The smallest absolute Gasteiger partial charge is 0.259 e. The minimum absolute atomic E-state index is 0.00105. The summed E-state index contributed by atoms with van der Waals surface area (Å²) in [6.07, 6.45) is 10.2. The molecule has 0 atom stereocenters. The predicted octanol–water partition coefficient (Wildman–Crippen LogP) is 3.74. The molecule has 0 spiro atoms. The summed E-state index contributed by atoms with van der Waals surface area (Å²) < 4.78 is 0. The van der Waals surface area contributed by atoms with Crippen LogP contribution in [0.1, 0.15) is 50.5 Å². The molecule has 1 aromatic carbocycles. The SMILES string of the molecule is N#C/C=C1\C(=O)N(C2CCN(C3CCCCC3)CC2)c2ccccc21. The first-order valence-corrected chi connectivity index (χ1v) is 9.56. The topological polar surface area (TPSA) is 47.3 Å². The summed E-state index contributed by atoms with van der Waals surface area (Å²) in [7, 11) is 0. The molecule has 4 rings (SSSR count). The molecule has 1 saturated carbocycles. The van der Waals surface area contributed by atoms with Crippen molar-refractivity contribution in [1.82, 2.24) is 4.90 Å². The third kappa shape index (κ3) is 2.98. The molecule has 0 radical (unpaired) electrons. The Balaban J connectivity index is 1.50. The zero-order valence-electron chi connectivity index (χ0n) is 14.7. The molecule has 0 N–H and O–H groups in total. The van der Waals surface area contributed by atoms with Crippen LogP contribution in [0.2, 0.25) is 0 Å². The molecule has 1 aliphatic carbocycles. The van der Waals surface area contributed by atoms with E-state index in [9.17, 15) is 4.79 Å². The summed E-state index contributed by atoms with van der Waals surface area (Å²) in [5, 5.41) is 9.04. The van der Waals surface area contributed by atoms with Crippen LogP contribution < -0.4 is 4.90 Å². The molecule has 1 saturated heterocycles. The standard InChI is InChI=1S/C21H25N3O/c22-13-10-19-18-8-4-5-9-20(18)24(21(19)25)17-11-14-23(15-12-17)16-6-2-1-3-7-16/h4-5,8-10,16-17H,1-3,6-7,11-12,14-15H2/b19-10-. The van der Waals surface area contributed by atoms with Gasteiger partial charge in [0.05, 0.1) is 17.3 Å². The first kappa shape index (κ1) is 16.4. The maximum absolute atomic E-state index is 12.9. The highest BCUT2D eigenvalue weighted by Crippen LogP contribution is 2.40. The Morgan fingerprint density at radius 1 is 1.00 bits per heavy atom. The molecule has 0 unspecified atom stereocenters. The third-order valence-electron chi connectivity index (χ3n) is 6.07. The second-order valence-corrected chi connectivity index (χ2v) is 7.44. The van der Waals surface area contributed by atoms with E-state index in [1.54, 1.807) is 0 Å². The van der Waals surface area contributed by atoms with E-state index >= 15 is 0 Å². The normalized spacial score (nSPS) is 24.5. The first-order chi connectivity index (χ1) is 12.3. The van der Waals surface area contributed by atoms with Crippen molar-refractivity contribution in [3.05, 3.63) is 35.9 Å². The Morgan fingerprint density at radius 2 is 1.72 bits per heavy atom.